The van der Waals surface area contributed by atoms with Crippen LogP contribution in [0.25, 0.3) is 0 Å². The number of ether oxygens (including phenoxy) is 1. The average molecular weight is 392 g/mol. The van der Waals surface area contributed by atoms with E-state index in [-0.39, 0.29) is 23.9 Å². The number of nitrogens with two attached hydrogens (primary N) is 1. The van der Waals surface area contributed by atoms with E-state index in [0.29, 0.717) is 50.3 Å². The topological polar surface area (TPSA) is 89.7 Å². The molecule has 1 aliphatic heterocycles. The summed E-state index contributed by atoms with van der Waals surface area (Å²) < 4.78 is 6.03. The number of rotatable bonds is 5. The molecule has 0 unspecified atom stereocenters. The van der Waals surface area contributed by atoms with Crippen LogP contribution in [0.2, 0.25) is 0 Å². The Bertz CT molecular complexity index is 969. The molecular formula is C23H24N2O4. The van der Waals surface area contributed by atoms with Gasteiger partial charge in [0.15, 0.2) is 5.78 Å². The molecule has 1 saturated carbocycles. The van der Waals surface area contributed by atoms with E-state index in [1.165, 1.54) is 0 Å². The minimum atomic E-state index is -0.532. The fourth-order valence-electron chi connectivity index (χ4n) is 4.10. The minimum Gasteiger partial charge on any atom is -0.489 e. The van der Waals surface area contributed by atoms with Gasteiger partial charge in [-0.2, -0.15) is 0 Å². The highest BCUT2D eigenvalue weighted by atomic mass is 16.5. The lowest BCUT2D eigenvalue weighted by Crippen LogP contribution is -2.41. The molecule has 0 spiro atoms. The number of ketones is 2. The van der Waals surface area contributed by atoms with Crippen molar-refractivity contribution in [2.45, 2.75) is 51.4 Å². The van der Waals surface area contributed by atoms with Crippen molar-refractivity contribution in [3.8, 4) is 5.75 Å². The lowest BCUT2D eigenvalue weighted by atomic mass is 10.1. The first-order valence-electron chi connectivity index (χ1n) is 9.95. The van der Waals surface area contributed by atoms with E-state index in [2.05, 4.69) is 0 Å². The van der Waals surface area contributed by atoms with E-state index >= 15 is 0 Å². The fourth-order valence-corrected chi connectivity index (χ4v) is 4.10. The van der Waals surface area contributed by atoms with Crippen LogP contribution in [0.15, 0.2) is 42.5 Å². The number of amides is 1. The zero-order valence-electron chi connectivity index (χ0n) is 16.2. The molecule has 1 aliphatic carbocycles. The third-order valence-electron chi connectivity index (χ3n) is 5.63. The number of benzene rings is 2. The minimum absolute atomic E-state index is 0.0367. The van der Waals surface area contributed by atoms with Crippen LogP contribution < -0.4 is 10.5 Å². The van der Waals surface area contributed by atoms with E-state index in [1.807, 2.05) is 30.3 Å². The first kappa shape index (κ1) is 19.3. The summed E-state index contributed by atoms with van der Waals surface area (Å²) in [6, 6.07) is 12.8. The normalized spacial score (nSPS) is 19.3. The molecule has 0 bridgehead atoms. The quantitative estimate of drug-likeness (QED) is 0.624. The molecule has 0 saturated heterocycles. The first-order valence-corrected chi connectivity index (χ1v) is 9.95. The van der Waals surface area contributed by atoms with Gasteiger partial charge in [-0.15, -0.1) is 0 Å². The van der Waals surface area contributed by atoms with Crippen LogP contribution in [0.5, 0.6) is 5.75 Å². The van der Waals surface area contributed by atoms with Crippen LogP contribution in [0.4, 0.5) is 0 Å². The monoisotopic (exact) mass is 392 g/mol. The fraction of sp³-hybridized carbons (Fsp3) is 0.348. The second kappa shape index (κ2) is 8.17. The Morgan fingerprint density at radius 3 is 2.69 bits per heavy atom. The Balaban J connectivity index is 1.53. The molecule has 1 amide bonds. The summed E-state index contributed by atoms with van der Waals surface area (Å²) in [4.78, 5) is 38.8. The van der Waals surface area contributed by atoms with Gasteiger partial charge in [0.1, 0.15) is 18.1 Å². The van der Waals surface area contributed by atoms with E-state index < -0.39 is 6.04 Å². The van der Waals surface area contributed by atoms with E-state index in [4.69, 9.17) is 10.5 Å². The second-order valence-electron chi connectivity index (χ2n) is 7.62. The van der Waals surface area contributed by atoms with Gasteiger partial charge in [0.05, 0.1) is 19.0 Å². The van der Waals surface area contributed by atoms with Gasteiger partial charge in [-0.1, -0.05) is 30.3 Å². The molecule has 6 heteroatoms. The summed E-state index contributed by atoms with van der Waals surface area (Å²) in [5.74, 6) is 0.289. The van der Waals surface area contributed by atoms with Gasteiger partial charge in [0, 0.05) is 24.1 Å². The second-order valence-corrected chi connectivity index (χ2v) is 7.62. The van der Waals surface area contributed by atoms with Crippen LogP contribution >= 0.6 is 0 Å². The van der Waals surface area contributed by atoms with Crippen molar-refractivity contribution in [3.05, 3.63) is 64.7 Å². The maximum Gasteiger partial charge on any atom is 0.255 e. The SMILES string of the molecule is NCc1cccc(COc2cccc3c2CN([C@H]2CCCC(=O)CC2=O)C3=O)c1. The van der Waals surface area contributed by atoms with Gasteiger partial charge in [0.2, 0.25) is 0 Å². The van der Waals surface area contributed by atoms with Gasteiger partial charge in [-0.05, 0) is 36.1 Å². The van der Waals surface area contributed by atoms with E-state index in [0.717, 1.165) is 16.7 Å². The number of carbonyl (C=O) groups excluding carboxylic acids is 3. The molecule has 150 valence electrons. The smallest absolute Gasteiger partial charge is 0.255 e. The lowest BCUT2D eigenvalue weighted by Gasteiger charge is -2.25. The van der Waals surface area contributed by atoms with Crippen molar-refractivity contribution in [1.82, 2.24) is 4.90 Å². The Morgan fingerprint density at radius 2 is 1.86 bits per heavy atom. The van der Waals surface area contributed by atoms with Crippen molar-refractivity contribution in [1.29, 1.82) is 0 Å². The molecule has 1 fully saturated rings. The Hall–Kier alpha value is -2.99. The molecule has 6 nitrogen and oxygen atoms in total. The largest absolute Gasteiger partial charge is 0.489 e. The van der Waals surface area contributed by atoms with Gasteiger partial charge >= 0.3 is 0 Å². The highest BCUT2D eigenvalue weighted by Gasteiger charge is 2.38. The molecular weight excluding hydrogens is 368 g/mol. The van der Waals surface area contributed by atoms with E-state index in [1.54, 1.807) is 17.0 Å². The molecule has 2 aromatic rings. The summed E-state index contributed by atoms with van der Waals surface area (Å²) in [5.41, 5.74) is 9.11. The van der Waals surface area contributed by atoms with Crippen LogP contribution in [0, 0.1) is 0 Å². The Labute approximate surface area is 169 Å². The van der Waals surface area contributed by atoms with Gasteiger partial charge in [0.25, 0.3) is 5.91 Å². The number of carbonyl (C=O) groups is 3. The summed E-state index contributed by atoms with van der Waals surface area (Å²) in [6.07, 6.45) is 1.50. The summed E-state index contributed by atoms with van der Waals surface area (Å²) in [5, 5.41) is 0. The number of nitrogens with zero attached hydrogens (tertiary/aromatic N) is 1. The number of fused-ring (bicyclic) bond motifs is 1. The van der Waals surface area contributed by atoms with Gasteiger partial charge < -0.3 is 15.4 Å². The number of Topliss-reactive ketones (excluding diaryl/α,β-unsaturated/α-hetero) is 2. The van der Waals surface area contributed by atoms with E-state index in [9.17, 15) is 14.4 Å². The third-order valence-corrected chi connectivity index (χ3v) is 5.63. The number of hydrogen-bond acceptors (Lipinski definition) is 5. The molecule has 0 radical (unpaired) electrons. The highest BCUT2D eigenvalue weighted by molar-refractivity contribution is 6.06. The zero-order chi connectivity index (χ0) is 20.4. The van der Waals surface area contributed by atoms with Crippen molar-refractivity contribution >= 4 is 17.5 Å². The summed E-state index contributed by atoms with van der Waals surface area (Å²) in [7, 11) is 0. The van der Waals surface area contributed by atoms with Crippen LogP contribution in [0.1, 0.15) is 52.7 Å². The third kappa shape index (κ3) is 3.93. The molecule has 2 N–H and O–H groups in total. The van der Waals surface area contributed by atoms with Crippen LogP contribution in [-0.4, -0.2) is 28.4 Å². The predicted molar refractivity (Wildman–Crippen MR) is 107 cm³/mol. The molecule has 1 heterocycles. The molecule has 2 aliphatic rings. The zero-order valence-corrected chi connectivity index (χ0v) is 16.2. The Kier molecular flexibility index (Phi) is 5.45. The Morgan fingerprint density at radius 1 is 1.07 bits per heavy atom. The van der Waals surface area contributed by atoms with Crippen LogP contribution in [-0.2, 0) is 29.3 Å². The maximum absolute atomic E-state index is 13.0. The predicted octanol–water partition coefficient (Wildman–Crippen LogP) is 2.76. The van der Waals surface area contributed by atoms with Crippen molar-refractivity contribution < 1.29 is 19.1 Å². The summed E-state index contributed by atoms with van der Waals surface area (Å²) >= 11 is 0. The molecule has 29 heavy (non-hydrogen) atoms. The highest BCUT2D eigenvalue weighted by Crippen LogP contribution is 2.34. The van der Waals surface area contributed by atoms with Gasteiger partial charge in [-0.25, -0.2) is 0 Å². The molecule has 1 atom stereocenters. The summed E-state index contributed by atoms with van der Waals surface area (Å²) in [6.45, 7) is 1.17. The average Bonchev–Trinajstić information content (AvgIpc) is 2.96. The number of hydrogen-bond donors (Lipinski definition) is 1. The van der Waals surface area contributed by atoms with Crippen molar-refractivity contribution in [3.63, 3.8) is 0 Å². The maximum atomic E-state index is 13.0. The molecule has 2 aromatic carbocycles. The van der Waals surface area contributed by atoms with Crippen LogP contribution in [0.3, 0.4) is 0 Å². The first-order chi connectivity index (χ1) is 14.1. The molecule has 0 aromatic heterocycles. The van der Waals surface area contributed by atoms with Crippen molar-refractivity contribution in [2.24, 2.45) is 5.73 Å². The standard InChI is InChI=1S/C23H24N2O4/c24-12-15-4-1-5-16(10-15)14-29-22-9-3-7-18-19(22)13-25(23(18)28)20-8-2-6-17(26)11-21(20)27/h1,3-5,7,9-10,20H,2,6,8,11-14,24H2/t20-/m0/s1. The van der Waals surface area contributed by atoms with Crippen molar-refractivity contribution in [2.75, 3.05) is 0 Å². The molecule has 4 rings (SSSR count). The van der Waals surface area contributed by atoms with Gasteiger partial charge in [-0.3, -0.25) is 14.4 Å². The lowest BCUT2D eigenvalue weighted by molar-refractivity contribution is -0.128.